The molecule has 0 heterocycles. The highest BCUT2D eigenvalue weighted by Crippen LogP contribution is 2.36. The second kappa shape index (κ2) is 8.84. The monoisotopic (exact) mass is 284 g/mol. The molecule has 1 aromatic carbocycles. The van der Waals surface area contributed by atoms with Gasteiger partial charge in [-0.1, -0.05) is 42.5 Å². The van der Waals surface area contributed by atoms with Crippen LogP contribution in [0, 0.1) is 5.92 Å². The Morgan fingerprint density at radius 3 is 2.48 bits per heavy atom. The van der Waals surface area contributed by atoms with Crippen LogP contribution >= 0.6 is 0 Å². The molecular formula is C20H28O. The molecule has 1 saturated carbocycles. The van der Waals surface area contributed by atoms with E-state index in [9.17, 15) is 0 Å². The third kappa shape index (κ3) is 5.17. The van der Waals surface area contributed by atoms with Gasteiger partial charge < -0.3 is 4.74 Å². The molecule has 0 atom stereocenters. The second-order valence-electron chi connectivity index (χ2n) is 6.01. The van der Waals surface area contributed by atoms with Crippen LogP contribution < -0.4 is 0 Å². The summed E-state index contributed by atoms with van der Waals surface area (Å²) in [5.74, 6) is 1.56. The molecule has 1 aliphatic carbocycles. The number of hydrogen-bond acceptors (Lipinski definition) is 1. The minimum absolute atomic E-state index is 0.710. The highest BCUT2D eigenvalue weighted by Gasteiger charge is 2.20. The van der Waals surface area contributed by atoms with Crippen molar-refractivity contribution < 1.29 is 4.74 Å². The van der Waals surface area contributed by atoms with E-state index < -0.39 is 0 Å². The molecule has 1 heteroatoms. The normalized spacial score (nSPS) is 22.5. The maximum absolute atomic E-state index is 5.61. The number of rotatable bonds is 7. The first-order valence-electron chi connectivity index (χ1n) is 8.23. The number of hydrogen-bond donors (Lipinski definition) is 0. The highest BCUT2D eigenvalue weighted by atomic mass is 16.5. The van der Waals surface area contributed by atoms with Crippen LogP contribution in [0.5, 0.6) is 0 Å². The fourth-order valence-electron chi connectivity index (χ4n) is 3.16. The van der Waals surface area contributed by atoms with Gasteiger partial charge in [0.05, 0.1) is 13.2 Å². The summed E-state index contributed by atoms with van der Waals surface area (Å²) in [7, 11) is 0. The SMILES string of the molecule is C=CCCOCc1ccc([C@H]2CC[C@H](C=CC)CC2)cc1. The molecule has 2 rings (SSSR count). The molecule has 21 heavy (non-hydrogen) atoms. The molecule has 0 radical (unpaired) electrons. The summed E-state index contributed by atoms with van der Waals surface area (Å²) < 4.78 is 5.61. The summed E-state index contributed by atoms with van der Waals surface area (Å²) in [6, 6.07) is 9.04. The molecule has 0 spiro atoms. The molecule has 1 aromatic rings. The third-order valence-electron chi connectivity index (χ3n) is 4.42. The van der Waals surface area contributed by atoms with E-state index in [4.69, 9.17) is 4.74 Å². The first-order valence-corrected chi connectivity index (χ1v) is 8.23. The zero-order chi connectivity index (χ0) is 14.9. The van der Waals surface area contributed by atoms with Crippen molar-refractivity contribution in [3.05, 3.63) is 60.2 Å². The van der Waals surface area contributed by atoms with Crippen molar-refractivity contribution in [1.82, 2.24) is 0 Å². The standard InChI is InChI=1S/C20H28O/c1-3-5-15-21-16-18-9-13-20(14-10-18)19-11-7-17(6-4-2)8-12-19/h3-4,6,9-10,13-14,17,19H,1,5,7-8,11-12,15-16H2,2H3/t17-,19-. The van der Waals surface area contributed by atoms with Crippen LogP contribution in [0.1, 0.15) is 56.1 Å². The summed E-state index contributed by atoms with van der Waals surface area (Å²) in [6.45, 7) is 7.30. The largest absolute Gasteiger partial charge is 0.376 e. The van der Waals surface area contributed by atoms with Gasteiger partial charge in [-0.25, -0.2) is 0 Å². The van der Waals surface area contributed by atoms with Crippen molar-refractivity contribution in [2.45, 2.75) is 51.6 Å². The lowest BCUT2D eigenvalue weighted by Crippen LogP contribution is -2.11. The highest BCUT2D eigenvalue weighted by molar-refractivity contribution is 5.25. The average Bonchev–Trinajstić information content (AvgIpc) is 2.53. The van der Waals surface area contributed by atoms with E-state index in [0.717, 1.165) is 24.9 Å². The molecule has 0 aliphatic heterocycles. The van der Waals surface area contributed by atoms with Crippen LogP contribution in [-0.2, 0) is 11.3 Å². The summed E-state index contributed by atoms with van der Waals surface area (Å²) in [4.78, 5) is 0. The summed E-state index contributed by atoms with van der Waals surface area (Å²) in [5.41, 5.74) is 2.77. The zero-order valence-electron chi connectivity index (χ0n) is 13.3. The van der Waals surface area contributed by atoms with Crippen molar-refractivity contribution in [3.8, 4) is 0 Å². The van der Waals surface area contributed by atoms with E-state index in [1.165, 1.54) is 36.8 Å². The topological polar surface area (TPSA) is 9.23 Å². The Morgan fingerprint density at radius 2 is 1.86 bits per heavy atom. The van der Waals surface area contributed by atoms with Crippen LogP contribution in [0.4, 0.5) is 0 Å². The molecule has 0 aromatic heterocycles. The number of benzene rings is 1. The fourth-order valence-corrected chi connectivity index (χ4v) is 3.16. The lowest BCUT2D eigenvalue weighted by atomic mass is 9.78. The lowest BCUT2D eigenvalue weighted by molar-refractivity contribution is 0.125. The van der Waals surface area contributed by atoms with Crippen LogP contribution in [0.3, 0.4) is 0 Å². The minimum atomic E-state index is 0.710. The zero-order valence-corrected chi connectivity index (χ0v) is 13.3. The van der Waals surface area contributed by atoms with Crippen molar-refractivity contribution in [2.24, 2.45) is 5.92 Å². The lowest BCUT2D eigenvalue weighted by Gasteiger charge is -2.27. The van der Waals surface area contributed by atoms with Gasteiger partial charge in [0.15, 0.2) is 0 Å². The van der Waals surface area contributed by atoms with Gasteiger partial charge in [-0.05, 0) is 62.0 Å². The van der Waals surface area contributed by atoms with Gasteiger partial charge in [-0.2, -0.15) is 0 Å². The first-order chi connectivity index (χ1) is 10.3. The average molecular weight is 284 g/mol. The van der Waals surface area contributed by atoms with Crippen molar-refractivity contribution in [1.29, 1.82) is 0 Å². The molecule has 0 amide bonds. The van der Waals surface area contributed by atoms with Crippen LogP contribution in [-0.4, -0.2) is 6.61 Å². The maximum Gasteiger partial charge on any atom is 0.0717 e. The summed E-state index contributed by atoms with van der Waals surface area (Å²) in [6.07, 6.45) is 12.7. The van der Waals surface area contributed by atoms with E-state index in [2.05, 4.69) is 49.9 Å². The predicted octanol–water partition coefficient (Wildman–Crippen LogP) is 5.63. The Bertz CT molecular complexity index is 435. The third-order valence-corrected chi connectivity index (χ3v) is 4.42. The quantitative estimate of drug-likeness (QED) is 0.466. The molecule has 0 bridgehead atoms. The van der Waals surface area contributed by atoms with Crippen LogP contribution in [0.25, 0.3) is 0 Å². The fraction of sp³-hybridized carbons (Fsp3) is 0.500. The van der Waals surface area contributed by atoms with Gasteiger partial charge in [0.1, 0.15) is 0 Å². The van der Waals surface area contributed by atoms with E-state index in [0.29, 0.717) is 6.61 Å². The molecule has 1 aliphatic rings. The van der Waals surface area contributed by atoms with Gasteiger partial charge in [0.25, 0.3) is 0 Å². The number of ether oxygens (including phenoxy) is 1. The first kappa shape index (κ1) is 16.0. The Kier molecular flexibility index (Phi) is 6.75. The molecule has 0 N–H and O–H groups in total. The molecular weight excluding hydrogens is 256 g/mol. The Morgan fingerprint density at radius 1 is 1.14 bits per heavy atom. The van der Waals surface area contributed by atoms with E-state index in [1.807, 2.05) is 6.08 Å². The number of allylic oxidation sites excluding steroid dienone is 2. The Balaban J connectivity index is 1.81. The van der Waals surface area contributed by atoms with Gasteiger partial charge >= 0.3 is 0 Å². The minimum Gasteiger partial charge on any atom is -0.376 e. The van der Waals surface area contributed by atoms with Gasteiger partial charge in [-0.3, -0.25) is 0 Å². The van der Waals surface area contributed by atoms with Gasteiger partial charge in [-0.15, -0.1) is 6.58 Å². The van der Waals surface area contributed by atoms with E-state index in [-0.39, 0.29) is 0 Å². The van der Waals surface area contributed by atoms with Crippen molar-refractivity contribution in [2.75, 3.05) is 6.61 Å². The molecule has 0 unspecified atom stereocenters. The van der Waals surface area contributed by atoms with E-state index in [1.54, 1.807) is 0 Å². The second-order valence-corrected chi connectivity index (χ2v) is 6.01. The van der Waals surface area contributed by atoms with Crippen LogP contribution in [0.15, 0.2) is 49.1 Å². The summed E-state index contributed by atoms with van der Waals surface area (Å²) >= 11 is 0. The molecule has 1 fully saturated rings. The van der Waals surface area contributed by atoms with Crippen molar-refractivity contribution in [3.63, 3.8) is 0 Å². The summed E-state index contributed by atoms with van der Waals surface area (Å²) in [5, 5.41) is 0. The van der Waals surface area contributed by atoms with E-state index >= 15 is 0 Å². The van der Waals surface area contributed by atoms with Gasteiger partial charge in [0.2, 0.25) is 0 Å². The molecule has 1 nitrogen and oxygen atoms in total. The predicted molar refractivity (Wildman–Crippen MR) is 90.4 cm³/mol. The Labute approximate surface area is 129 Å². The maximum atomic E-state index is 5.61. The van der Waals surface area contributed by atoms with Crippen LogP contribution in [0.2, 0.25) is 0 Å². The van der Waals surface area contributed by atoms with Crippen molar-refractivity contribution >= 4 is 0 Å². The molecule has 0 saturated heterocycles. The smallest absolute Gasteiger partial charge is 0.0717 e. The van der Waals surface area contributed by atoms with Gasteiger partial charge in [0, 0.05) is 0 Å². The molecule has 114 valence electrons. The Hall–Kier alpha value is -1.34.